The van der Waals surface area contributed by atoms with E-state index in [1.807, 2.05) is 0 Å². The van der Waals surface area contributed by atoms with Gasteiger partial charge in [0.2, 0.25) is 0 Å². The number of hydrogen-bond donors (Lipinski definition) is 1. The van der Waals surface area contributed by atoms with Crippen molar-refractivity contribution in [1.82, 2.24) is 4.98 Å². The fourth-order valence-corrected chi connectivity index (χ4v) is 3.89. The first-order valence-corrected chi connectivity index (χ1v) is 8.30. The highest BCUT2D eigenvalue weighted by atomic mass is 32.1. The Balaban J connectivity index is 2.23. The lowest BCUT2D eigenvalue weighted by molar-refractivity contribution is -0.139. The van der Waals surface area contributed by atoms with Crippen molar-refractivity contribution in [1.29, 1.82) is 0 Å². The van der Waals surface area contributed by atoms with Gasteiger partial charge in [-0.1, -0.05) is 13.8 Å². The van der Waals surface area contributed by atoms with Gasteiger partial charge in [0.15, 0.2) is 5.13 Å². The highest BCUT2D eigenvalue weighted by Gasteiger charge is 2.30. The Morgan fingerprint density at radius 1 is 1.57 bits per heavy atom. The van der Waals surface area contributed by atoms with Gasteiger partial charge in [0, 0.05) is 25.1 Å². The second-order valence-corrected chi connectivity index (χ2v) is 6.98. The van der Waals surface area contributed by atoms with Crippen LogP contribution in [0.3, 0.4) is 0 Å². The Hall–Kier alpha value is -1.14. The van der Waals surface area contributed by atoms with Gasteiger partial charge in [-0.2, -0.15) is 0 Å². The third-order valence-electron chi connectivity index (χ3n) is 3.66. The molecule has 1 aliphatic carbocycles. The van der Waals surface area contributed by atoms with Crippen molar-refractivity contribution in [2.75, 3.05) is 31.7 Å². The first-order valence-electron chi connectivity index (χ1n) is 7.49. The molecule has 1 unspecified atom stereocenters. The number of fused-ring (bicyclic) bond motifs is 1. The second kappa shape index (κ2) is 7.22. The minimum Gasteiger partial charge on any atom is -0.481 e. The molecule has 2 rings (SSSR count). The molecule has 118 valence electrons. The number of carboxylic acid groups (broad SMARTS) is 1. The largest absolute Gasteiger partial charge is 0.481 e. The van der Waals surface area contributed by atoms with Gasteiger partial charge in [0.05, 0.1) is 12.3 Å². The van der Waals surface area contributed by atoms with Crippen molar-refractivity contribution in [2.24, 2.45) is 5.92 Å². The van der Waals surface area contributed by atoms with Crippen molar-refractivity contribution in [2.45, 2.75) is 39.0 Å². The molecule has 0 radical (unpaired) electrons. The Labute approximate surface area is 129 Å². The average Bonchev–Trinajstić information content (AvgIpc) is 2.86. The van der Waals surface area contributed by atoms with Crippen molar-refractivity contribution in [3.05, 3.63) is 10.6 Å². The number of carboxylic acids is 1. The molecule has 0 bridgehead atoms. The predicted octanol–water partition coefficient (Wildman–Crippen LogP) is 2.76. The van der Waals surface area contributed by atoms with E-state index in [2.05, 4.69) is 23.7 Å². The fraction of sp³-hybridized carbons (Fsp3) is 0.733. The summed E-state index contributed by atoms with van der Waals surface area (Å²) in [6.07, 6.45) is 2.60. The van der Waals surface area contributed by atoms with Crippen LogP contribution in [0.25, 0.3) is 0 Å². The van der Waals surface area contributed by atoms with E-state index in [1.165, 1.54) is 0 Å². The van der Waals surface area contributed by atoms with E-state index in [-0.39, 0.29) is 0 Å². The maximum Gasteiger partial charge on any atom is 0.312 e. The van der Waals surface area contributed by atoms with E-state index in [9.17, 15) is 9.90 Å². The Morgan fingerprint density at radius 3 is 2.95 bits per heavy atom. The highest BCUT2D eigenvalue weighted by Crippen LogP contribution is 2.38. The topological polar surface area (TPSA) is 62.7 Å². The van der Waals surface area contributed by atoms with Crippen LogP contribution in [0.4, 0.5) is 5.13 Å². The van der Waals surface area contributed by atoms with Gasteiger partial charge in [-0.05, 0) is 25.2 Å². The first kappa shape index (κ1) is 16.2. The number of nitrogens with zero attached hydrogens (tertiary/aromatic N) is 2. The Bertz CT molecular complexity index is 487. The molecule has 0 aromatic carbocycles. The number of aryl methyl sites for hydroxylation is 1. The average molecular weight is 312 g/mol. The molecule has 0 saturated carbocycles. The summed E-state index contributed by atoms with van der Waals surface area (Å²) in [7, 11) is 1.70. The van der Waals surface area contributed by atoms with Crippen LogP contribution in [-0.4, -0.2) is 42.9 Å². The molecular weight excluding hydrogens is 288 g/mol. The third kappa shape index (κ3) is 3.95. The Kier molecular flexibility index (Phi) is 5.58. The normalized spacial score (nSPS) is 17.8. The van der Waals surface area contributed by atoms with E-state index in [0.717, 1.165) is 41.6 Å². The number of methoxy groups -OCH3 is 1. The maximum atomic E-state index is 11.4. The van der Waals surface area contributed by atoms with Crippen molar-refractivity contribution in [3.63, 3.8) is 0 Å². The van der Waals surface area contributed by atoms with Crippen LogP contribution in [0.15, 0.2) is 0 Å². The van der Waals surface area contributed by atoms with Crippen LogP contribution in [0.2, 0.25) is 0 Å². The summed E-state index contributed by atoms with van der Waals surface area (Å²) >= 11 is 1.65. The first-order chi connectivity index (χ1) is 10.0. The summed E-state index contributed by atoms with van der Waals surface area (Å²) in [5.41, 5.74) is 0.792. The van der Waals surface area contributed by atoms with Crippen LogP contribution in [-0.2, 0) is 16.0 Å². The van der Waals surface area contributed by atoms with Crippen LogP contribution in [0.1, 0.15) is 43.2 Å². The van der Waals surface area contributed by atoms with Crippen LogP contribution >= 0.6 is 11.3 Å². The SMILES string of the molecule is COCCN(CC(C)C)c1nc2c(s1)CCCC2C(=O)O. The number of ether oxygens (including phenoxy) is 1. The molecule has 0 fully saturated rings. The third-order valence-corrected chi connectivity index (χ3v) is 4.85. The van der Waals surface area contributed by atoms with Crippen LogP contribution < -0.4 is 4.90 Å². The van der Waals surface area contributed by atoms with E-state index < -0.39 is 11.9 Å². The number of aliphatic carboxylic acids is 1. The van der Waals surface area contributed by atoms with E-state index in [1.54, 1.807) is 18.4 Å². The number of aromatic nitrogens is 1. The summed E-state index contributed by atoms with van der Waals surface area (Å²) in [6.45, 7) is 6.70. The molecule has 21 heavy (non-hydrogen) atoms. The molecule has 0 spiro atoms. The van der Waals surface area contributed by atoms with Crippen molar-refractivity contribution < 1.29 is 14.6 Å². The number of anilines is 1. The smallest absolute Gasteiger partial charge is 0.312 e. The van der Waals surface area contributed by atoms with Gasteiger partial charge in [-0.25, -0.2) is 4.98 Å². The van der Waals surface area contributed by atoms with E-state index in [4.69, 9.17) is 4.74 Å². The van der Waals surface area contributed by atoms with Crippen LogP contribution in [0, 0.1) is 5.92 Å². The Morgan fingerprint density at radius 2 is 2.33 bits per heavy atom. The molecule has 1 aromatic heterocycles. The van der Waals surface area contributed by atoms with Gasteiger partial charge in [-0.15, -0.1) is 11.3 Å². The fourth-order valence-electron chi connectivity index (χ4n) is 2.69. The van der Waals surface area contributed by atoms with Crippen molar-refractivity contribution in [3.8, 4) is 0 Å². The lowest BCUT2D eigenvalue weighted by Gasteiger charge is -2.23. The molecular formula is C15H24N2O3S. The summed E-state index contributed by atoms with van der Waals surface area (Å²) in [5, 5.41) is 10.3. The summed E-state index contributed by atoms with van der Waals surface area (Å²) < 4.78 is 5.18. The zero-order valence-electron chi connectivity index (χ0n) is 13.0. The van der Waals surface area contributed by atoms with Crippen molar-refractivity contribution >= 4 is 22.4 Å². The summed E-state index contributed by atoms with van der Waals surface area (Å²) in [4.78, 5) is 19.4. The van der Waals surface area contributed by atoms with Crippen LogP contribution in [0.5, 0.6) is 0 Å². The molecule has 5 nitrogen and oxygen atoms in total. The quantitative estimate of drug-likeness (QED) is 0.839. The second-order valence-electron chi connectivity index (χ2n) is 5.92. The number of rotatable bonds is 7. The lowest BCUT2D eigenvalue weighted by Crippen LogP contribution is -2.31. The minimum absolute atomic E-state index is 0.429. The molecule has 0 saturated heterocycles. The number of hydrogen-bond acceptors (Lipinski definition) is 5. The molecule has 1 aromatic rings. The monoisotopic (exact) mass is 312 g/mol. The summed E-state index contributed by atoms with van der Waals surface area (Å²) in [5.74, 6) is -0.653. The molecule has 1 aliphatic rings. The summed E-state index contributed by atoms with van der Waals surface area (Å²) in [6, 6.07) is 0. The van der Waals surface area contributed by atoms with Gasteiger partial charge in [0.1, 0.15) is 5.92 Å². The van der Waals surface area contributed by atoms with Gasteiger partial charge in [-0.3, -0.25) is 4.79 Å². The predicted molar refractivity (Wildman–Crippen MR) is 84.4 cm³/mol. The number of thiazole rings is 1. The van der Waals surface area contributed by atoms with E-state index >= 15 is 0 Å². The molecule has 0 aliphatic heterocycles. The standard InChI is InChI=1S/C15H24N2O3S/c1-10(2)9-17(7-8-20-3)15-16-13-11(14(18)19)5-4-6-12(13)21-15/h10-11H,4-9H2,1-3H3,(H,18,19). The molecule has 0 amide bonds. The van der Waals surface area contributed by atoms with Gasteiger partial charge < -0.3 is 14.7 Å². The van der Waals surface area contributed by atoms with Gasteiger partial charge in [0.25, 0.3) is 0 Å². The molecule has 1 heterocycles. The van der Waals surface area contributed by atoms with Gasteiger partial charge >= 0.3 is 5.97 Å². The zero-order valence-corrected chi connectivity index (χ0v) is 13.8. The maximum absolute atomic E-state index is 11.4. The molecule has 1 atom stereocenters. The highest BCUT2D eigenvalue weighted by molar-refractivity contribution is 7.15. The zero-order chi connectivity index (χ0) is 15.4. The number of carbonyl (C=O) groups is 1. The van der Waals surface area contributed by atoms with E-state index in [0.29, 0.717) is 18.9 Å². The minimum atomic E-state index is -0.750. The molecule has 6 heteroatoms. The molecule has 1 N–H and O–H groups in total. The lowest BCUT2D eigenvalue weighted by atomic mass is 9.91.